The fourth-order valence-corrected chi connectivity index (χ4v) is 2.14. The SMILES string of the molecule is CC(C)(C)C1NNC(=S)N(c2ccccc2)C1=O. The normalized spacial score (nSPS) is 20.8. The first kappa shape index (κ1) is 13.0. The highest BCUT2D eigenvalue weighted by Gasteiger charge is 2.39. The average Bonchev–Trinajstić information content (AvgIpc) is 2.28. The summed E-state index contributed by atoms with van der Waals surface area (Å²) in [5, 5.41) is 0.381. The van der Waals surface area contributed by atoms with Gasteiger partial charge in [-0.15, -0.1) is 0 Å². The van der Waals surface area contributed by atoms with Gasteiger partial charge in [0.25, 0.3) is 5.91 Å². The van der Waals surface area contributed by atoms with Crippen LogP contribution in [0.4, 0.5) is 5.69 Å². The molecule has 2 rings (SSSR count). The van der Waals surface area contributed by atoms with E-state index in [1.54, 1.807) is 4.90 Å². The van der Waals surface area contributed by atoms with Gasteiger partial charge >= 0.3 is 0 Å². The van der Waals surface area contributed by atoms with E-state index in [2.05, 4.69) is 10.9 Å². The molecule has 0 bridgehead atoms. The molecule has 1 fully saturated rings. The Hall–Kier alpha value is -1.46. The number of rotatable bonds is 1. The van der Waals surface area contributed by atoms with Crippen molar-refractivity contribution in [3.05, 3.63) is 30.3 Å². The van der Waals surface area contributed by atoms with E-state index in [4.69, 9.17) is 12.2 Å². The maximum atomic E-state index is 12.5. The molecule has 1 aliphatic rings. The molecule has 1 unspecified atom stereocenters. The summed E-state index contributed by atoms with van der Waals surface area (Å²) >= 11 is 5.19. The van der Waals surface area contributed by atoms with Crippen molar-refractivity contribution in [3.8, 4) is 0 Å². The van der Waals surface area contributed by atoms with Crippen LogP contribution in [0, 0.1) is 5.41 Å². The molecule has 0 radical (unpaired) electrons. The molecule has 5 heteroatoms. The number of hydrogen-bond donors (Lipinski definition) is 2. The molecule has 96 valence electrons. The Morgan fingerprint density at radius 1 is 1.22 bits per heavy atom. The zero-order valence-electron chi connectivity index (χ0n) is 10.7. The molecule has 1 aromatic carbocycles. The van der Waals surface area contributed by atoms with Crippen molar-refractivity contribution in [2.45, 2.75) is 26.8 Å². The molecule has 0 saturated carbocycles. The number of para-hydroxylation sites is 1. The van der Waals surface area contributed by atoms with Crippen molar-refractivity contribution < 1.29 is 4.79 Å². The lowest BCUT2D eigenvalue weighted by molar-refractivity contribution is -0.123. The Labute approximate surface area is 112 Å². The van der Waals surface area contributed by atoms with Crippen LogP contribution in [0.15, 0.2) is 30.3 Å². The van der Waals surface area contributed by atoms with Gasteiger partial charge in [-0.3, -0.25) is 15.1 Å². The number of hydrazine groups is 1. The molecule has 1 aromatic rings. The fraction of sp³-hybridized carbons (Fsp3) is 0.385. The summed E-state index contributed by atoms with van der Waals surface area (Å²) in [6.07, 6.45) is 0. The summed E-state index contributed by atoms with van der Waals surface area (Å²) in [6.45, 7) is 6.05. The standard InChI is InChI=1S/C13H17N3OS/c1-13(2,3)10-11(17)16(12(18)15-14-10)9-7-5-4-6-8-9/h4-8,10,14H,1-3H3,(H,15,18). The molecule has 0 aliphatic carbocycles. The Bertz CT molecular complexity index is 467. The largest absolute Gasteiger partial charge is 0.297 e. The van der Waals surface area contributed by atoms with E-state index >= 15 is 0 Å². The first-order chi connectivity index (χ1) is 8.41. The van der Waals surface area contributed by atoms with Crippen LogP contribution in [0.2, 0.25) is 0 Å². The number of benzene rings is 1. The Balaban J connectivity index is 2.34. The fourth-order valence-electron chi connectivity index (χ4n) is 1.89. The van der Waals surface area contributed by atoms with Crippen LogP contribution in [0.3, 0.4) is 0 Å². The van der Waals surface area contributed by atoms with Crippen molar-refractivity contribution in [2.24, 2.45) is 5.41 Å². The maximum absolute atomic E-state index is 12.5. The predicted octanol–water partition coefficient (Wildman–Crippen LogP) is 1.83. The Morgan fingerprint density at radius 2 is 1.83 bits per heavy atom. The second kappa shape index (κ2) is 4.66. The van der Waals surface area contributed by atoms with Gasteiger partial charge in [-0.1, -0.05) is 39.0 Å². The van der Waals surface area contributed by atoms with Crippen LogP contribution in [0.25, 0.3) is 0 Å². The van der Waals surface area contributed by atoms with Crippen molar-refractivity contribution in [3.63, 3.8) is 0 Å². The van der Waals surface area contributed by atoms with E-state index in [9.17, 15) is 4.79 Å². The molecule has 1 aliphatic heterocycles. The highest BCUT2D eigenvalue weighted by Crippen LogP contribution is 2.25. The zero-order valence-corrected chi connectivity index (χ0v) is 11.5. The van der Waals surface area contributed by atoms with Crippen molar-refractivity contribution in [1.29, 1.82) is 0 Å². The summed E-state index contributed by atoms with van der Waals surface area (Å²) in [5.41, 5.74) is 6.48. The lowest BCUT2D eigenvalue weighted by Gasteiger charge is -2.39. The number of nitrogens with one attached hydrogen (secondary N) is 2. The highest BCUT2D eigenvalue weighted by molar-refractivity contribution is 7.80. The maximum Gasteiger partial charge on any atom is 0.252 e. The third-order valence-electron chi connectivity index (χ3n) is 2.87. The molecular weight excluding hydrogens is 246 g/mol. The predicted molar refractivity (Wildman–Crippen MR) is 76.0 cm³/mol. The molecule has 4 nitrogen and oxygen atoms in total. The van der Waals surface area contributed by atoms with Gasteiger partial charge in [0, 0.05) is 0 Å². The molecular formula is C13H17N3OS. The van der Waals surface area contributed by atoms with E-state index in [1.807, 2.05) is 51.1 Å². The first-order valence-corrected chi connectivity index (χ1v) is 6.26. The number of carbonyl (C=O) groups excluding carboxylic acids is 1. The number of amides is 1. The first-order valence-electron chi connectivity index (χ1n) is 5.86. The minimum atomic E-state index is -0.315. The number of thiocarbonyl (C=S) groups is 1. The van der Waals surface area contributed by atoms with Gasteiger partial charge in [-0.2, -0.15) is 0 Å². The van der Waals surface area contributed by atoms with Gasteiger partial charge in [-0.05, 0) is 29.8 Å². The Kier molecular flexibility index (Phi) is 3.36. The van der Waals surface area contributed by atoms with Crippen LogP contribution in [-0.4, -0.2) is 17.1 Å². The summed E-state index contributed by atoms with van der Waals surface area (Å²) in [7, 11) is 0. The summed E-state index contributed by atoms with van der Waals surface area (Å²) in [4.78, 5) is 14.1. The molecule has 18 heavy (non-hydrogen) atoms. The molecule has 1 atom stereocenters. The number of nitrogens with zero attached hydrogens (tertiary/aromatic N) is 1. The van der Waals surface area contributed by atoms with E-state index in [1.165, 1.54) is 0 Å². The molecule has 2 N–H and O–H groups in total. The zero-order chi connectivity index (χ0) is 13.3. The smallest absolute Gasteiger partial charge is 0.252 e. The monoisotopic (exact) mass is 263 g/mol. The summed E-state index contributed by atoms with van der Waals surface area (Å²) < 4.78 is 0. The van der Waals surface area contributed by atoms with E-state index in [0.29, 0.717) is 5.11 Å². The summed E-state index contributed by atoms with van der Waals surface area (Å²) in [6, 6.07) is 9.12. The van der Waals surface area contributed by atoms with Crippen LogP contribution in [0.5, 0.6) is 0 Å². The van der Waals surface area contributed by atoms with E-state index < -0.39 is 0 Å². The van der Waals surface area contributed by atoms with E-state index in [0.717, 1.165) is 5.69 Å². The lowest BCUT2D eigenvalue weighted by Crippen LogP contribution is -2.67. The average molecular weight is 263 g/mol. The van der Waals surface area contributed by atoms with Gasteiger partial charge in [0.2, 0.25) is 0 Å². The third kappa shape index (κ3) is 2.37. The second-order valence-electron chi connectivity index (χ2n) is 5.38. The molecule has 1 amide bonds. The topological polar surface area (TPSA) is 44.4 Å². The Morgan fingerprint density at radius 3 is 2.39 bits per heavy atom. The molecule has 0 spiro atoms. The molecule has 0 aromatic heterocycles. The van der Waals surface area contributed by atoms with Crippen LogP contribution >= 0.6 is 12.2 Å². The van der Waals surface area contributed by atoms with Gasteiger partial charge in [0.05, 0.1) is 5.69 Å². The van der Waals surface area contributed by atoms with E-state index in [-0.39, 0.29) is 17.4 Å². The van der Waals surface area contributed by atoms with Crippen LogP contribution in [0.1, 0.15) is 20.8 Å². The van der Waals surface area contributed by atoms with Gasteiger partial charge in [0.15, 0.2) is 5.11 Å². The number of anilines is 1. The van der Waals surface area contributed by atoms with Crippen LogP contribution in [-0.2, 0) is 4.79 Å². The van der Waals surface area contributed by atoms with Crippen LogP contribution < -0.4 is 15.8 Å². The minimum absolute atomic E-state index is 0.0301. The number of carbonyl (C=O) groups is 1. The number of hydrogen-bond acceptors (Lipinski definition) is 3. The summed E-state index contributed by atoms with van der Waals surface area (Å²) in [5.74, 6) is -0.0301. The van der Waals surface area contributed by atoms with Crippen molar-refractivity contribution in [1.82, 2.24) is 10.9 Å². The van der Waals surface area contributed by atoms with Gasteiger partial charge < -0.3 is 0 Å². The van der Waals surface area contributed by atoms with Crippen molar-refractivity contribution >= 4 is 28.9 Å². The lowest BCUT2D eigenvalue weighted by atomic mass is 9.86. The minimum Gasteiger partial charge on any atom is -0.297 e. The molecule has 1 heterocycles. The second-order valence-corrected chi connectivity index (χ2v) is 5.77. The quantitative estimate of drug-likeness (QED) is 0.759. The highest BCUT2D eigenvalue weighted by atomic mass is 32.1. The third-order valence-corrected chi connectivity index (χ3v) is 3.16. The van der Waals surface area contributed by atoms with Crippen molar-refractivity contribution in [2.75, 3.05) is 4.90 Å². The van der Waals surface area contributed by atoms with Gasteiger partial charge in [-0.25, -0.2) is 5.43 Å². The van der Waals surface area contributed by atoms with Gasteiger partial charge in [0.1, 0.15) is 6.04 Å². The molecule has 1 saturated heterocycles.